The lowest BCUT2D eigenvalue weighted by molar-refractivity contribution is -0.145. The minimum absolute atomic E-state index is 0.153. The van der Waals surface area contributed by atoms with Gasteiger partial charge in [0.15, 0.2) is 0 Å². The van der Waals surface area contributed by atoms with E-state index in [1.54, 1.807) is 0 Å². The number of hydrogen-bond acceptors (Lipinski definition) is 3. The fourth-order valence-corrected chi connectivity index (χ4v) is 3.24. The van der Waals surface area contributed by atoms with E-state index in [0.29, 0.717) is 0 Å². The average molecular weight is 444 g/mol. The number of halogens is 3. The van der Waals surface area contributed by atoms with Crippen molar-refractivity contribution in [1.82, 2.24) is 5.32 Å². The van der Waals surface area contributed by atoms with Crippen LogP contribution in [-0.2, 0) is 15.7 Å². The molecule has 0 aliphatic carbocycles. The standard InChI is InChI=1S/C24H36F3NO3/c1-3-4-5-6-7-8-9-10-11-12-13-17-31-23(30)19(2)28-22(29)20-15-14-16-21(18-20)24(25,26)27/h14-16,18-19H,3-13,17H2,1-2H3,(H,28,29). The number of hydrogen-bond donors (Lipinski definition) is 1. The summed E-state index contributed by atoms with van der Waals surface area (Å²) in [6.45, 7) is 3.95. The largest absolute Gasteiger partial charge is 0.464 e. The molecule has 1 unspecified atom stereocenters. The highest BCUT2D eigenvalue weighted by molar-refractivity contribution is 5.96. The first-order valence-corrected chi connectivity index (χ1v) is 11.4. The quantitative estimate of drug-likeness (QED) is 0.243. The zero-order valence-electron chi connectivity index (χ0n) is 18.7. The van der Waals surface area contributed by atoms with Crippen LogP contribution >= 0.6 is 0 Å². The molecule has 0 saturated carbocycles. The molecule has 0 saturated heterocycles. The van der Waals surface area contributed by atoms with Gasteiger partial charge < -0.3 is 10.1 Å². The van der Waals surface area contributed by atoms with E-state index in [1.165, 1.54) is 64.4 Å². The van der Waals surface area contributed by atoms with Gasteiger partial charge in [-0.25, -0.2) is 4.79 Å². The lowest BCUT2D eigenvalue weighted by Gasteiger charge is -2.14. The topological polar surface area (TPSA) is 55.4 Å². The number of rotatable bonds is 15. The summed E-state index contributed by atoms with van der Waals surface area (Å²) < 4.78 is 43.5. The third-order valence-electron chi connectivity index (χ3n) is 5.15. The number of carbonyl (C=O) groups is 2. The Bertz CT molecular complexity index is 662. The molecule has 176 valence electrons. The van der Waals surface area contributed by atoms with Crippen molar-refractivity contribution in [2.75, 3.05) is 6.61 Å². The van der Waals surface area contributed by atoms with Crippen molar-refractivity contribution in [3.8, 4) is 0 Å². The Morgan fingerprint density at radius 3 is 2.03 bits per heavy atom. The number of esters is 1. The first kappa shape index (κ1) is 27.0. The van der Waals surface area contributed by atoms with Crippen molar-refractivity contribution in [1.29, 1.82) is 0 Å². The lowest BCUT2D eigenvalue weighted by Crippen LogP contribution is -2.39. The zero-order valence-corrected chi connectivity index (χ0v) is 18.7. The predicted molar refractivity (Wildman–Crippen MR) is 116 cm³/mol. The Morgan fingerprint density at radius 2 is 1.48 bits per heavy atom. The van der Waals surface area contributed by atoms with Crippen LogP contribution in [0.2, 0.25) is 0 Å². The van der Waals surface area contributed by atoms with Crippen LogP contribution in [0, 0.1) is 0 Å². The Labute approximate surface area is 183 Å². The fourth-order valence-electron chi connectivity index (χ4n) is 3.24. The Balaban J connectivity index is 2.16. The Hall–Kier alpha value is -2.05. The van der Waals surface area contributed by atoms with Gasteiger partial charge in [0.25, 0.3) is 5.91 Å². The first-order chi connectivity index (χ1) is 14.8. The van der Waals surface area contributed by atoms with Gasteiger partial charge in [0.05, 0.1) is 12.2 Å². The molecule has 1 atom stereocenters. The molecule has 4 nitrogen and oxygen atoms in total. The molecule has 0 heterocycles. The second-order valence-electron chi connectivity index (χ2n) is 7.98. The van der Waals surface area contributed by atoms with Gasteiger partial charge in [-0.05, 0) is 31.5 Å². The van der Waals surface area contributed by atoms with Gasteiger partial charge in [-0.1, -0.05) is 77.2 Å². The summed E-state index contributed by atoms with van der Waals surface area (Å²) in [6.07, 6.45) is 8.58. The molecule has 1 aromatic rings. The number of benzene rings is 1. The van der Waals surface area contributed by atoms with Gasteiger partial charge in [-0.3, -0.25) is 4.79 Å². The van der Waals surface area contributed by atoms with Crippen molar-refractivity contribution < 1.29 is 27.5 Å². The van der Waals surface area contributed by atoms with Gasteiger partial charge in [-0.15, -0.1) is 0 Å². The number of amides is 1. The van der Waals surface area contributed by atoms with E-state index in [9.17, 15) is 22.8 Å². The van der Waals surface area contributed by atoms with Crippen molar-refractivity contribution in [2.24, 2.45) is 0 Å². The van der Waals surface area contributed by atoms with E-state index >= 15 is 0 Å². The average Bonchev–Trinajstić information content (AvgIpc) is 2.73. The number of alkyl halides is 3. The van der Waals surface area contributed by atoms with Crippen molar-refractivity contribution in [3.63, 3.8) is 0 Å². The minimum atomic E-state index is -4.53. The SMILES string of the molecule is CCCCCCCCCCCCCOC(=O)C(C)NC(=O)c1cccc(C(F)(F)F)c1. The highest BCUT2D eigenvalue weighted by Gasteiger charge is 2.31. The molecule has 1 aromatic carbocycles. The number of nitrogens with one attached hydrogen (secondary N) is 1. The van der Waals surface area contributed by atoms with Crippen molar-refractivity contribution in [2.45, 2.75) is 96.7 Å². The van der Waals surface area contributed by atoms with Crippen LogP contribution in [-0.4, -0.2) is 24.5 Å². The van der Waals surface area contributed by atoms with Crippen LogP contribution in [0.15, 0.2) is 24.3 Å². The molecule has 0 spiro atoms. The molecule has 0 aliphatic heterocycles. The summed E-state index contributed by atoms with van der Waals surface area (Å²) in [5, 5.41) is 2.39. The molecule has 0 aliphatic rings. The highest BCUT2D eigenvalue weighted by atomic mass is 19.4. The van der Waals surface area contributed by atoms with Crippen LogP contribution in [0.1, 0.15) is 100 Å². The van der Waals surface area contributed by atoms with Crippen molar-refractivity contribution >= 4 is 11.9 Å². The summed E-state index contributed by atoms with van der Waals surface area (Å²) in [4.78, 5) is 24.1. The monoisotopic (exact) mass is 443 g/mol. The molecule has 0 radical (unpaired) electrons. The molecule has 0 bridgehead atoms. The number of ether oxygens (including phenoxy) is 1. The van der Waals surface area contributed by atoms with Gasteiger partial charge >= 0.3 is 12.1 Å². The van der Waals surface area contributed by atoms with Crippen LogP contribution in [0.4, 0.5) is 13.2 Å². The van der Waals surface area contributed by atoms with Crippen LogP contribution in [0.25, 0.3) is 0 Å². The van der Waals surface area contributed by atoms with E-state index in [1.807, 2.05) is 0 Å². The molecule has 1 rings (SSSR count). The minimum Gasteiger partial charge on any atom is -0.464 e. The highest BCUT2D eigenvalue weighted by Crippen LogP contribution is 2.29. The van der Waals surface area contributed by atoms with E-state index < -0.39 is 29.7 Å². The summed E-state index contributed by atoms with van der Waals surface area (Å²) in [6, 6.07) is 3.15. The second kappa shape index (κ2) is 14.9. The van der Waals surface area contributed by atoms with Gasteiger partial charge in [0.1, 0.15) is 6.04 Å². The van der Waals surface area contributed by atoms with Crippen LogP contribution < -0.4 is 5.32 Å². The van der Waals surface area contributed by atoms with Gasteiger partial charge in [0.2, 0.25) is 0 Å². The Morgan fingerprint density at radius 1 is 0.935 bits per heavy atom. The second-order valence-corrected chi connectivity index (χ2v) is 7.98. The van der Waals surface area contributed by atoms with Crippen molar-refractivity contribution in [3.05, 3.63) is 35.4 Å². The maximum absolute atomic E-state index is 12.8. The molecular weight excluding hydrogens is 407 g/mol. The molecule has 31 heavy (non-hydrogen) atoms. The molecule has 0 aromatic heterocycles. The summed E-state index contributed by atoms with van der Waals surface area (Å²) in [5.41, 5.74) is -1.06. The van der Waals surface area contributed by atoms with Gasteiger partial charge in [0, 0.05) is 5.56 Å². The van der Waals surface area contributed by atoms with E-state index in [0.717, 1.165) is 37.5 Å². The maximum Gasteiger partial charge on any atom is 0.416 e. The van der Waals surface area contributed by atoms with E-state index in [2.05, 4.69) is 12.2 Å². The fraction of sp³-hybridized carbons (Fsp3) is 0.667. The lowest BCUT2D eigenvalue weighted by atomic mass is 10.1. The third-order valence-corrected chi connectivity index (χ3v) is 5.15. The van der Waals surface area contributed by atoms with Crippen LogP contribution in [0.5, 0.6) is 0 Å². The van der Waals surface area contributed by atoms with E-state index in [-0.39, 0.29) is 12.2 Å². The first-order valence-electron chi connectivity index (χ1n) is 11.4. The van der Waals surface area contributed by atoms with Crippen LogP contribution in [0.3, 0.4) is 0 Å². The summed E-state index contributed by atoms with van der Waals surface area (Å²) in [5.74, 6) is -1.34. The molecule has 1 N–H and O–H groups in total. The normalized spacial score (nSPS) is 12.4. The molecule has 0 fully saturated rings. The molecule has 7 heteroatoms. The number of carbonyl (C=O) groups excluding carboxylic acids is 2. The Kier molecular flexibility index (Phi) is 12.9. The maximum atomic E-state index is 12.8. The molecule has 1 amide bonds. The zero-order chi connectivity index (χ0) is 23.1. The summed E-state index contributed by atoms with van der Waals surface area (Å²) >= 11 is 0. The third kappa shape index (κ3) is 11.8. The number of unbranched alkanes of at least 4 members (excludes halogenated alkanes) is 10. The summed E-state index contributed by atoms with van der Waals surface area (Å²) in [7, 11) is 0. The molecular formula is C24H36F3NO3. The smallest absolute Gasteiger partial charge is 0.416 e. The van der Waals surface area contributed by atoms with Gasteiger partial charge in [-0.2, -0.15) is 13.2 Å². The predicted octanol–water partition coefficient (Wildman–Crippen LogP) is 6.68. The van der Waals surface area contributed by atoms with E-state index in [4.69, 9.17) is 4.74 Å².